The zero-order valence-corrected chi connectivity index (χ0v) is 13.2. The van der Waals surface area contributed by atoms with Crippen LogP contribution in [0.5, 0.6) is 0 Å². The quantitative estimate of drug-likeness (QED) is 0.483. The molecule has 1 saturated heterocycles. The van der Waals surface area contributed by atoms with Crippen molar-refractivity contribution in [1.82, 2.24) is 10.6 Å². The lowest BCUT2D eigenvalue weighted by Gasteiger charge is -2.44. The van der Waals surface area contributed by atoms with Crippen molar-refractivity contribution in [3.63, 3.8) is 0 Å². The first kappa shape index (κ1) is 17.9. The van der Waals surface area contributed by atoms with Crippen molar-refractivity contribution in [3.8, 4) is 0 Å². The monoisotopic (exact) mass is 301 g/mol. The Balaban J connectivity index is 2.61. The van der Waals surface area contributed by atoms with Gasteiger partial charge in [0.05, 0.1) is 24.8 Å². The maximum atomic E-state index is 11.9. The summed E-state index contributed by atoms with van der Waals surface area (Å²) in [6.45, 7) is 8.50. The highest BCUT2D eigenvalue weighted by Crippen LogP contribution is 2.19. The van der Waals surface area contributed by atoms with Crippen LogP contribution in [0, 0.1) is 11.8 Å². The van der Waals surface area contributed by atoms with Gasteiger partial charge in [-0.3, -0.25) is 14.9 Å². The van der Waals surface area contributed by atoms with Crippen LogP contribution >= 0.6 is 0 Å². The number of carbonyl (C=O) groups excluding carboxylic acids is 1. The predicted molar refractivity (Wildman–Crippen MR) is 78.8 cm³/mol. The summed E-state index contributed by atoms with van der Waals surface area (Å²) in [5, 5.41) is 15.2. The summed E-state index contributed by atoms with van der Waals surface area (Å²) in [6.07, 6.45) is 0. The molecule has 0 unspecified atom stereocenters. The highest BCUT2D eigenvalue weighted by molar-refractivity contribution is 5.81. The number of carbonyl (C=O) groups is 2. The van der Waals surface area contributed by atoms with E-state index in [-0.39, 0.29) is 17.7 Å². The lowest BCUT2D eigenvalue weighted by molar-refractivity contribution is -0.145. The Morgan fingerprint density at radius 3 is 2.14 bits per heavy atom. The largest absolute Gasteiger partial charge is 0.480 e. The lowest BCUT2D eigenvalue weighted by Crippen LogP contribution is -2.70. The summed E-state index contributed by atoms with van der Waals surface area (Å²) in [6, 6.07) is -1.24. The van der Waals surface area contributed by atoms with Crippen LogP contribution in [0.15, 0.2) is 0 Å². The molecule has 0 spiro atoms. The molecule has 7 heteroatoms. The number of nitrogens with two attached hydrogens (primary N) is 1. The third kappa shape index (κ3) is 4.66. The van der Waals surface area contributed by atoms with Crippen molar-refractivity contribution >= 4 is 11.9 Å². The van der Waals surface area contributed by atoms with Crippen molar-refractivity contribution in [2.24, 2.45) is 17.6 Å². The summed E-state index contributed by atoms with van der Waals surface area (Å²) in [4.78, 5) is 23.2. The van der Waals surface area contributed by atoms with Crippen molar-refractivity contribution in [3.05, 3.63) is 0 Å². The molecule has 0 aromatic rings. The zero-order chi connectivity index (χ0) is 16.2. The molecule has 1 rings (SSSR count). The van der Waals surface area contributed by atoms with Crippen LogP contribution in [0.25, 0.3) is 0 Å². The van der Waals surface area contributed by atoms with Crippen molar-refractivity contribution < 1.29 is 19.4 Å². The van der Waals surface area contributed by atoms with Gasteiger partial charge in [0.15, 0.2) is 0 Å². The summed E-state index contributed by atoms with van der Waals surface area (Å²) in [5.41, 5.74) is 5.26. The SMILES string of the molecule is CC(C)[C@H](N)C(=O)NCC1(N[C@H](C(=O)O)C(C)C)COC1. The molecule has 0 bridgehead atoms. The number of hydrogen-bond donors (Lipinski definition) is 4. The lowest BCUT2D eigenvalue weighted by atomic mass is 9.92. The Morgan fingerprint density at radius 1 is 1.24 bits per heavy atom. The maximum absolute atomic E-state index is 11.9. The second-order valence-electron chi connectivity index (χ2n) is 6.46. The van der Waals surface area contributed by atoms with Crippen LogP contribution in [0.2, 0.25) is 0 Å². The minimum atomic E-state index is -0.901. The van der Waals surface area contributed by atoms with Crippen molar-refractivity contribution in [1.29, 1.82) is 0 Å². The molecule has 2 atom stereocenters. The van der Waals surface area contributed by atoms with Crippen LogP contribution in [0.3, 0.4) is 0 Å². The van der Waals surface area contributed by atoms with E-state index < -0.39 is 23.6 Å². The Hall–Kier alpha value is -1.18. The molecule has 0 saturated carbocycles. The van der Waals surface area contributed by atoms with Gasteiger partial charge in [-0.1, -0.05) is 27.7 Å². The van der Waals surface area contributed by atoms with Gasteiger partial charge in [-0.25, -0.2) is 0 Å². The maximum Gasteiger partial charge on any atom is 0.320 e. The van der Waals surface area contributed by atoms with Crippen LogP contribution in [0.1, 0.15) is 27.7 Å². The highest BCUT2D eigenvalue weighted by atomic mass is 16.5. The van der Waals surface area contributed by atoms with Gasteiger partial charge < -0.3 is 20.9 Å². The summed E-state index contributed by atoms with van der Waals surface area (Å²) in [7, 11) is 0. The van der Waals surface area contributed by atoms with E-state index in [1.807, 2.05) is 27.7 Å². The van der Waals surface area contributed by atoms with Crippen LogP contribution < -0.4 is 16.4 Å². The van der Waals surface area contributed by atoms with E-state index in [9.17, 15) is 14.7 Å². The molecule has 0 aromatic carbocycles. The third-order valence-electron chi connectivity index (χ3n) is 3.77. The second kappa shape index (κ2) is 7.20. The fourth-order valence-electron chi connectivity index (χ4n) is 2.11. The normalized spacial score (nSPS) is 20.0. The molecule has 7 nitrogen and oxygen atoms in total. The van der Waals surface area contributed by atoms with Gasteiger partial charge in [-0.05, 0) is 11.8 Å². The molecule has 1 fully saturated rings. The van der Waals surface area contributed by atoms with E-state index in [0.29, 0.717) is 19.8 Å². The van der Waals surface area contributed by atoms with E-state index in [2.05, 4.69) is 10.6 Å². The fraction of sp³-hybridized carbons (Fsp3) is 0.857. The average Bonchev–Trinajstić information content (AvgIpc) is 2.34. The van der Waals surface area contributed by atoms with Crippen molar-refractivity contribution in [2.75, 3.05) is 19.8 Å². The smallest absolute Gasteiger partial charge is 0.320 e. The number of aliphatic carboxylic acids is 1. The number of carboxylic acid groups (broad SMARTS) is 1. The van der Waals surface area contributed by atoms with E-state index in [1.54, 1.807) is 0 Å². The average molecular weight is 301 g/mol. The summed E-state index contributed by atoms with van der Waals surface area (Å²) in [5.74, 6) is -1.14. The highest BCUT2D eigenvalue weighted by Gasteiger charge is 2.42. The van der Waals surface area contributed by atoms with Gasteiger partial charge >= 0.3 is 5.97 Å². The van der Waals surface area contributed by atoms with E-state index in [0.717, 1.165) is 0 Å². The zero-order valence-electron chi connectivity index (χ0n) is 13.2. The summed E-state index contributed by atoms with van der Waals surface area (Å²) >= 11 is 0. The molecule has 122 valence electrons. The summed E-state index contributed by atoms with van der Waals surface area (Å²) < 4.78 is 5.20. The standard InChI is InChI=1S/C14H27N3O4/c1-8(2)10(15)12(18)16-5-14(6-21-7-14)17-11(9(3)4)13(19)20/h8-11,17H,5-7,15H2,1-4H3,(H,16,18)(H,19,20)/t10-,11-/m0/s1. The molecule has 21 heavy (non-hydrogen) atoms. The Labute approximate surface area is 125 Å². The molecule has 0 aliphatic carbocycles. The second-order valence-corrected chi connectivity index (χ2v) is 6.46. The molecular weight excluding hydrogens is 274 g/mol. The first-order valence-corrected chi connectivity index (χ1v) is 7.30. The number of carboxylic acids is 1. The molecule has 1 heterocycles. The van der Waals surface area contributed by atoms with E-state index in [4.69, 9.17) is 10.5 Å². The third-order valence-corrected chi connectivity index (χ3v) is 3.77. The number of rotatable bonds is 8. The van der Waals surface area contributed by atoms with Gasteiger partial charge in [0.25, 0.3) is 0 Å². The van der Waals surface area contributed by atoms with E-state index in [1.165, 1.54) is 0 Å². The number of amides is 1. The Kier molecular flexibility index (Phi) is 6.12. The predicted octanol–water partition coefficient (Wildman–Crippen LogP) is -0.446. The topological polar surface area (TPSA) is 114 Å². The minimum absolute atomic E-state index is 0.0500. The van der Waals surface area contributed by atoms with Gasteiger partial charge in [-0.15, -0.1) is 0 Å². The molecular formula is C14H27N3O4. The van der Waals surface area contributed by atoms with Crippen molar-refractivity contribution in [2.45, 2.75) is 45.3 Å². The van der Waals surface area contributed by atoms with E-state index >= 15 is 0 Å². The fourth-order valence-corrected chi connectivity index (χ4v) is 2.11. The van der Waals surface area contributed by atoms with Crippen LogP contribution in [-0.2, 0) is 14.3 Å². The Bertz CT molecular complexity index is 380. The molecule has 5 N–H and O–H groups in total. The van der Waals surface area contributed by atoms with Gasteiger partial charge in [0.2, 0.25) is 5.91 Å². The van der Waals surface area contributed by atoms with Crippen LogP contribution in [-0.4, -0.2) is 54.4 Å². The number of hydrogen-bond acceptors (Lipinski definition) is 5. The molecule has 0 radical (unpaired) electrons. The van der Waals surface area contributed by atoms with Gasteiger partial charge in [-0.2, -0.15) is 0 Å². The molecule has 1 aliphatic heterocycles. The molecule has 1 aliphatic rings. The van der Waals surface area contributed by atoms with Crippen LogP contribution in [0.4, 0.5) is 0 Å². The minimum Gasteiger partial charge on any atom is -0.480 e. The molecule has 1 amide bonds. The number of ether oxygens (including phenoxy) is 1. The first-order chi connectivity index (χ1) is 9.68. The van der Waals surface area contributed by atoms with Gasteiger partial charge in [0.1, 0.15) is 6.04 Å². The number of nitrogens with one attached hydrogen (secondary N) is 2. The molecule has 0 aromatic heterocycles. The Morgan fingerprint density at radius 2 is 1.81 bits per heavy atom. The first-order valence-electron chi connectivity index (χ1n) is 7.30. The van der Waals surface area contributed by atoms with Gasteiger partial charge in [0, 0.05) is 6.54 Å².